The molecule has 0 saturated carbocycles. The van der Waals surface area contributed by atoms with E-state index < -0.39 is 0 Å². The van der Waals surface area contributed by atoms with Crippen molar-refractivity contribution in [1.29, 1.82) is 0 Å². The highest BCUT2D eigenvalue weighted by Gasteiger charge is 2.26. The molecule has 0 unspecified atom stereocenters. The van der Waals surface area contributed by atoms with Gasteiger partial charge in [0.25, 0.3) is 0 Å². The summed E-state index contributed by atoms with van der Waals surface area (Å²) in [6.45, 7) is 0.712. The van der Waals surface area contributed by atoms with Gasteiger partial charge in [-0.25, -0.2) is 4.98 Å². The average molecular weight is 332 g/mol. The maximum atomic E-state index is 12.7. The van der Waals surface area contributed by atoms with Gasteiger partial charge in [-0.2, -0.15) is 0 Å². The number of anilines is 1. The highest BCUT2D eigenvalue weighted by molar-refractivity contribution is 5.96. The number of nitrogens with zero attached hydrogens (tertiary/aromatic N) is 2. The molecular weight excluding hydrogens is 312 g/mol. The van der Waals surface area contributed by atoms with Crippen molar-refractivity contribution in [3.05, 3.63) is 65.7 Å². The van der Waals surface area contributed by atoms with Crippen LogP contribution in [0.5, 0.6) is 5.75 Å². The van der Waals surface area contributed by atoms with Gasteiger partial charge in [0.1, 0.15) is 11.6 Å². The molecule has 1 amide bonds. The molecule has 25 heavy (non-hydrogen) atoms. The first kappa shape index (κ1) is 15.6. The number of carbonyl (C=O) groups is 1. The third kappa shape index (κ3) is 3.07. The second-order valence-corrected chi connectivity index (χ2v) is 6.31. The lowest BCUT2D eigenvalue weighted by Crippen LogP contribution is -2.29. The first-order chi connectivity index (χ1) is 12.2. The molecule has 0 bridgehead atoms. The van der Waals surface area contributed by atoms with E-state index in [0.717, 1.165) is 40.9 Å². The van der Waals surface area contributed by atoms with Crippen molar-refractivity contribution in [2.24, 2.45) is 0 Å². The van der Waals surface area contributed by atoms with E-state index in [9.17, 15) is 4.79 Å². The molecule has 4 heteroatoms. The van der Waals surface area contributed by atoms with Crippen LogP contribution in [0, 0.1) is 0 Å². The number of methoxy groups -OCH3 is 1. The van der Waals surface area contributed by atoms with Crippen molar-refractivity contribution >= 4 is 22.6 Å². The summed E-state index contributed by atoms with van der Waals surface area (Å²) in [5, 5.41) is 1.05. The Kier molecular flexibility index (Phi) is 4.10. The molecule has 3 aromatic rings. The Labute approximate surface area is 147 Å². The fraction of sp³-hybridized carbons (Fsp3) is 0.238. The number of benzene rings is 2. The number of aromatic nitrogens is 1. The minimum Gasteiger partial charge on any atom is -0.497 e. The standard InChI is InChI=1S/C21H20N2O2/c1-25-18-8-9-19-17(14-18)13-16-11-12-23(21(16)22-19)20(24)10-7-15-5-3-2-4-6-15/h2-6,8-9,13-14H,7,10-12H2,1H3. The minimum atomic E-state index is 0.142. The summed E-state index contributed by atoms with van der Waals surface area (Å²) in [6.07, 6.45) is 2.12. The van der Waals surface area contributed by atoms with Crippen molar-refractivity contribution in [3.63, 3.8) is 0 Å². The zero-order chi connectivity index (χ0) is 17.2. The topological polar surface area (TPSA) is 42.4 Å². The molecule has 0 fully saturated rings. The first-order valence-corrected chi connectivity index (χ1v) is 8.56. The SMILES string of the molecule is COc1ccc2nc3c(cc2c1)CCN3C(=O)CCc1ccccc1. The number of ether oxygens (including phenoxy) is 1. The van der Waals surface area contributed by atoms with Crippen LogP contribution in [0.25, 0.3) is 10.9 Å². The molecule has 4 rings (SSSR count). The van der Waals surface area contributed by atoms with Gasteiger partial charge in [-0.3, -0.25) is 9.69 Å². The van der Waals surface area contributed by atoms with E-state index in [-0.39, 0.29) is 5.91 Å². The number of carbonyl (C=O) groups excluding carboxylic acids is 1. The Morgan fingerprint density at radius 3 is 2.80 bits per heavy atom. The van der Waals surface area contributed by atoms with Crippen LogP contribution in [0.4, 0.5) is 5.82 Å². The van der Waals surface area contributed by atoms with Gasteiger partial charge in [0, 0.05) is 18.4 Å². The molecular formula is C21H20N2O2. The van der Waals surface area contributed by atoms with Crippen molar-refractivity contribution in [1.82, 2.24) is 4.98 Å². The lowest BCUT2D eigenvalue weighted by Gasteiger charge is -2.17. The van der Waals surface area contributed by atoms with Crippen LogP contribution in [0.1, 0.15) is 17.5 Å². The van der Waals surface area contributed by atoms with Crippen LogP contribution < -0.4 is 9.64 Å². The molecule has 2 aromatic carbocycles. The van der Waals surface area contributed by atoms with E-state index in [1.54, 1.807) is 7.11 Å². The fourth-order valence-electron chi connectivity index (χ4n) is 3.34. The molecule has 1 aliphatic heterocycles. The molecule has 1 aromatic heterocycles. The third-order valence-corrected chi connectivity index (χ3v) is 4.71. The minimum absolute atomic E-state index is 0.142. The van der Waals surface area contributed by atoms with Crippen LogP contribution >= 0.6 is 0 Å². The summed E-state index contributed by atoms with van der Waals surface area (Å²) < 4.78 is 5.28. The molecule has 0 saturated heterocycles. The summed E-state index contributed by atoms with van der Waals surface area (Å²) in [5.41, 5.74) is 3.21. The van der Waals surface area contributed by atoms with Gasteiger partial charge in [-0.05, 0) is 48.2 Å². The van der Waals surface area contributed by atoms with Crippen LogP contribution in [0.2, 0.25) is 0 Å². The Morgan fingerprint density at radius 1 is 1.16 bits per heavy atom. The van der Waals surface area contributed by atoms with Crippen LogP contribution in [-0.2, 0) is 17.6 Å². The fourth-order valence-corrected chi connectivity index (χ4v) is 3.34. The Bertz CT molecular complexity index is 922. The van der Waals surface area contributed by atoms with Crippen molar-refractivity contribution in [2.45, 2.75) is 19.3 Å². The number of hydrogen-bond donors (Lipinski definition) is 0. The molecule has 0 aliphatic carbocycles. The van der Waals surface area contributed by atoms with Crippen LogP contribution in [0.3, 0.4) is 0 Å². The predicted molar refractivity (Wildman–Crippen MR) is 99.1 cm³/mol. The number of fused-ring (bicyclic) bond motifs is 2. The first-order valence-electron chi connectivity index (χ1n) is 8.56. The van der Waals surface area contributed by atoms with Gasteiger partial charge >= 0.3 is 0 Å². The van der Waals surface area contributed by atoms with E-state index in [2.05, 4.69) is 18.2 Å². The summed E-state index contributed by atoms with van der Waals surface area (Å²) in [6, 6.07) is 18.1. The van der Waals surface area contributed by atoms with E-state index in [1.165, 1.54) is 5.56 Å². The zero-order valence-electron chi connectivity index (χ0n) is 14.2. The number of amides is 1. The summed E-state index contributed by atoms with van der Waals surface area (Å²) in [4.78, 5) is 19.3. The van der Waals surface area contributed by atoms with Crippen molar-refractivity contribution in [3.8, 4) is 5.75 Å². The van der Waals surface area contributed by atoms with Crippen molar-refractivity contribution < 1.29 is 9.53 Å². The molecule has 0 radical (unpaired) electrons. The largest absolute Gasteiger partial charge is 0.497 e. The van der Waals surface area contributed by atoms with Gasteiger partial charge in [0.15, 0.2) is 0 Å². The Hall–Kier alpha value is -2.88. The quantitative estimate of drug-likeness (QED) is 0.730. The van der Waals surface area contributed by atoms with E-state index >= 15 is 0 Å². The lowest BCUT2D eigenvalue weighted by molar-refractivity contribution is -0.118. The van der Waals surface area contributed by atoms with Gasteiger partial charge in [-0.15, -0.1) is 0 Å². The maximum Gasteiger partial charge on any atom is 0.228 e. The summed E-state index contributed by atoms with van der Waals surface area (Å²) in [7, 11) is 1.66. The average Bonchev–Trinajstić information content (AvgIpc) is 3.07. The number of rotatable bonds is 4. The molecule has 126 valence electrons. The van der Waals surface area contributed by atoms with Gasteiger partial charge < -0.3 is 4.74 Å². The highest BCUT2D eigenvalue weighted by atomic mass is 16.5. The normalized spacial score (nSPS) is 13.1. The summed E-state index contributed by atoms with van der Waals surface area (Å²) >= 11 is 0. The maximum absolute atomic E-state index is 12.7. The van der Waals surface area contributed by atoms with E-state index in [0.29, 0.717) is 13.0 Å². The number of hydrogen-bond acceptors (Lipinski definition) is 3. The van der Waals surface area contributed by atoms with Crippen LogP contribution in [-0.4, -0.2) is 24.5 Å². The third-order valence-electron chi connectivity index (χ3n) is 4.71. The van der Waals surface area contributed by atoms with Gasteiger partial charge in [0.2, 0.25) is 5.91 Å². The molecule has 4 nitrogen and oxygen atoms in total. The molecule has 0 atom stereocenters. The second-order valence-electron chi connectivity index (χ2n) is 6.31. The molecule has 0 N–H and O–H groups in total. The number of pyridine rings is 1. The molecule has 1 aliphatic rings. The smallest absolute Gasteiger partial charge is 0.228 e. The monoisotopic (exact) mass is 332 g/mol. The van der Waals surface area contributed by atoms with Gasteiger partial charge in [-0.1, -0.05) is 30.3 Å². The van der Waals surface area contributed by atoms with E-state index in [4.69, 9.17) is 9.72 Å². The highest BCUT2D eigenvalue weighted by Crippen LogP contribution is 2.31. The Balaban J connectivity index is 1.56. The van der Waals surface area contributed by atoms with Crippen molar-refractivity contribution in [2.75, 3.05) is 18.6 Å². The zero-order valence-corrected chi connectivity index (χ0v) is 14.2. The lowest BCUT2D eigenvalue weighted by atomic mass is 10.1. The number of aryl methyl sites for hydroxylation is 1. The van der Waals surface area contributed by atoms with E-state index in [1.807, 2.05) is 41.3 Å². The Morgan fingerprint density at radius 2 is 2.00 bits per heavy atom. The van der Waals surface area contributed by atoms with Crippen LogP contribution in [0.15, 0.2) is 54.6 Å². The predicted octanol–water partition coefficient (Wildman–Crippen LogP) is 3.77. The van der Waals surface area contributed by atoms with Gasteiger partial charge in [0.05, 0.1) is 12.6 Å². The summed E-state index contributed by atoms with van der Waals surface area (Å²) in [5.74, 6) is 1.78. The second kappa shape index (κ2) is 6.55. The molecule has 0 spiro atoms. The molecule has 2 heterocycles.